The van der Waals surface area contributed by atoms with E-state index in [2.05, 4.69) is 39.9 Å². The fourth-order valence-electron chi connectivity index (χ4n) is 3.16. The Morgan fingerprint density at radius 2 is 2.00 bits per heavy atom. The average molecular weight is 301 g/mol. The second-order valence-electron chi connectivity index (χ2n) is 6.83. The van der Waals surface area contributed by atoms with Gasteiger partial charge in [-0.25, -0.2) is 0 Å². The van der Waals surface area contributed by atoms with Crippen LogP contribution in [0.15, 0.2) is 0 Å². The number of amides is 1. The Labute approximate surface area is 128 Å². The topological polar surface area (TPSA) is 55.1 Å². The predicted molar refractivity (Wildman–Crippen MR) is 88.9 cm³/mol. The molecule has 0 aliphatic heterocycles. The van der Waals surface area contributed by atoms with E-state index in [9.17, 15) is 4.79 Å². The van der Waals surface area contributed by atoms with Gasteiger partial charge >= 0.3 is 0 Å². The lowest BCUT2D eigenvalue weighted by Crippen LogP contribution is -2.60. The summed E-state index contributed by atoms with van der Waals surface area (Å²) in [6.45, 7) is 11.0. The van der Waals surface area contributed by atoms with E-state index in [1.54, 1.807) is 0 Å². The summed E-state index contributed by atoms with van der Waals surface area (Å²) in [5, 5.41) is 4.16. The molecule has 0 saturated heterocycles. The van der Waals surface area contributed by atoms with Gasteiger partial charge in [0.1, 0.15) is 5.54 Å². The molecule has 4 heteroatoms. The molecule has 0 spiro atoms. The first-order valence-electron chi connectivity index (χ1n) is 7.98. The van der Waals surface area contributed by atoms with Gasteiger partial charge in [-0.15, -0.1) is 0 Å². The van der Waals surface area contributed by atoms with E-state index in [1.807, 2.05) is 11.8 Å². The Morgan fingerprint density at radius 1 is 1.35 bits per heavy atom. The van der Waals surface area contributed by atoms with Crippen molar-refractivity contribution in [1.82, 2.24) is 5.32 Å². The number of nitrogens with one attached hydrogen (secondary N) is 1. The number of primary amides is 1. The molecular formula is C16H32N2OS. The highest BCUT2D eigenvalue weighted by Crippen LogP contribution is 2.39. The Bertz CT molecular complexity index is 320. The van der Waals surface area contributed by atoms with Crippen LogP contribution in [0, 0.1) is 11.8 Å². The van der Waals surface area contributed by atoms with Crippen LogP contribution in [0.25, 0.3) is 0 Å². The lowest BCUT2D eigenvalue weighted by Gasteiger charge is -2.35. The van der Waals surface area contributed by atoms with E-state index in [0.29, 0.717) is 23.1 Å². The Balaban J connectivity index is 2.60. The first-order valence-corrected chi connectivity index (χ1v) is 9.03. The van der Waals surface area contributed by atoms with Gasteiger partial charge in [0.25, 0.3) is 0 Å². The molecule has 0 bridgehead atoms. The molecule has 0 radical (unpaired) electrons. The van der Waals surface area contributed by atoms with Crippen LogP contribution >= 0.6 is 11.8 Å². The molecule has 1 aliphatic rings. The summed E-state index contributed by atoms with van der Waals surface area (Å²) < 4.78 is 0. The van der Waals surface area contributed by atoms with Crippen LogP contribution < -0.4 is 11.1 Å². The summed E-state index contributed by atoms with van der Waals surface area (Å²) in [5.74, 6) is 2.07. The minimum atomic E-state index is -0.463. The smallest absolute Gasteiger partial charge is 0.238 e. The Hall–Kier alpha value is -0.220. The number of nitrogens with two attached hydrogens (primary N) is 1. The average Bonchev–Trinajstić information content (AvgIpc) is 2.72. The van der Waals surface area contributed by atoms with Crippen LogP contribution in [0.3, 0.4) is 0 Å². The predicted octanol–water partition coefficient (Wildman–Crippen LogP) is 3.18. The normalized spacial score (nSPS) is 28.2. The molecule has 20 heavy (non-hydrogen) atoms. The third-order valence-corrected chi connectivity index (χ3v) is 6.13. The maximum atomic E-state index is 12.0. The van der Waals surface area contributed by atoms with Gasteiger partial charge < -0.3 is 11.1 Å². The first-order chi connectivity index (χ1) is 9.29. The van der Waals surface area contributed by atoms with Crippen molar-refractivity contribution in [2.24, 2.45) is 17.6 Å². The van der Waals surface area contributed by atoms with Crippen molar-refractivity contribution in [1.29, 1.82) is 0 Å². The molecule has 3 N–H and O–H groups in total. The number of thioether (sulfide) groups is 1. The Morgan fingerprint density at radius 3 is 2.50 bits per heavy atom. The van der Waals surface area contributed by atoms with Gasteiger partial charge in [0.15, 0.2) is 0 Å². The van der Waals surface area contributed by atoms with Crippen LogP contribution in [0.5, 0.6) is 0 Å². The van der Waals surface area contributed by atoms with E-state index in [1.165, 1.54) is 0 Å². The highest BCUT2D eigenvalue weighted by Gasteiger charge is 2.47. The molecule has 3 unspecified atom stereocenters. The molecule has 0 aromatic carbocycles. The minimum Gasteiger partial charge on any atom is -0.368 e. The van der Waals surface area contributed by atoms with E-state index in [0.717, 1.165) is 31.4 Å². The van der Waals surface area contributed by atoms with Crippen molar-refractivity contribution in [3.05, 3.63) is 0 Å². The summed E-state index contributed by atoms with van der Waals surface area (Å²) >= 11 is 2.02. The molecule has 0 aromatic heterocycles. The summed E-state index contributed by atoms with van der Waals surface area (Å²) in [7, 11) is 0. The molecule has 1 fully saturated rings. The highest BCUT2D eigenvalue weighted by molar-refractivity contribution is 7.99. The molecule has 1 aliphatic carbocycles. The first kappa shape index (κ1) is 17.8. The standard InChI is InChI=1S/C16H32N2OS/c1-11(2)13(5)20-10-8-14-7-6-9-16(14,15(17)19)18-12(3)4/h11-14,18H,6-10H2,1-5H3,(H2,17,19). The molecule has 1 rings (SSSR count). The molecule has 1 amide bonds. The molecule has 118 valence electrons. The third-order valence-electron chi connectivity index (χ3n) is 4.59. The van der Waals surface area contributed by atoms with Gasteiger partial charge in [-0.3, -0.25) is 4.79 Å². The van der Waals surface area contributed by atoms with Crippen molar-refractivity contribution in [3.63, 3.8) is 0 Å². The zero-order valence-electron chi connectivity index (χ0n) is 13.7. The Kier molecular flexibility index (Phi) is 6.86. The second kappa shape index (κ2) is 7.69. The van der Waals surface area contributed by atoms with Gasteiger partial charge in [-0.1, -0.05) is 27.2 Å². The van der Waals surface area contributed by atoms with Crippen molar-refractivity contribution in [3.8, 4) is 0 Å². The number of hydrogen-bond donors (Lipinski definition) is 2. The SMILES string of the molecule is CC(C)NC1(C(N)=O)CCCC1CCSC(C)C(C)C. The lowest BCUT2D eigenvalue weighted by atomic mass is 9.83. The number of rotatable bonds is 8. The molecular weight excluding hydrogens is 268 g/mol. The summed E-state index contributed by atoms with van der Waals surface area (Å²) in [6.07, 6.45) is 4.22. The summed E-state index contributed by atoms with van der Waals surface area (Å²) in [6, 6.07) is 0.297. The van der Waals surface area contributed by atoms with E-state index >= 15 is 0 Å². The van der Waals surface area contributed by atoms with Crippen molar-refractivity contribution < 1.29 is 4.79 Å². The molecule has 3 nitrogen and oxygen atoms in total. The minimum absolute atomic E-state index is 0.157. The molecule has 0 heterocycles. The van der Waals surface area contributed by atoms with Crippen LogP contribution in [-0.4, -0.2) is 28.5 Å². The maximum Gasteiger partial charge on any atom is 0.238 e. The zero-order chi connectivity index (χ0) is 15.3. The largest absolute Gasteiger partial charge is 0.368 e. The number of hydrogen-bond acceptors (Lipinski definition) is 3. The van der Waals surface area contributed by atoms with Gasteiger partial charge in [-0.2, -0.15) is 11.8 Å². The fourth-order valence-corrected chi connectivity index (χ4v) is 4.34. The quantitative estimate of drug-likeness (QED) is 0.724. The fraction of sp³-hybridized carbons (Fsp3) is 0.938. The van der Waals surface area contributed by atoms with Gasteiger partial charge in [-0.05, 0) is 50.7 Å². The van der Waals surface area contributed by atoms with Gasteiger partial charge in [0.05, 0.1) is 0 Å². The lowest BCUT2D eigenvalue weighted by molar-refractivity contribution is -0.126. The maximum absolute atomic E-state index is 12.0. The van der Waals surface area contributed by atoms with E-state index in [4.69, 9.17) is 5.73 Å². The van der Waals surface area contributed by atoms with E-state index in [-0.39, 0.29) is 5.91 Å². The number of carbonyl (C=O) groups excluding carboxylic acids is 1. The van der Waals surface area contributed by atoms with Gasteiger partial charge in [0, 0.05) is 11.3 Å². The monoisotopic (exact) mass is 300 g/mol. The van der Waals surface area contributed by atoms with Crippen LogP contribution in [0.1, 0.15) is 60.3 Å². The highest BCUT2D eigenvalue weighted by atomic mass is 32.2. The second-order valence-corrected chi connectivity index (χ2v) is 8.32. The van der Waals surface area contributed by atoms with Crippen molar-refractivity contribution in [2.75, 3.05) is 5.75 Å². The van der Waals surface area contributed by atoms with Crippen LogP contribution in [-0.2, 0) is 4.79 Å². The zero-order valence-corrected chi connectivity index (χ0v) is 14.6. The third kappa shape index (κ3) is 4.39. The van der Waals surface area contributed by atoms with Crippen molar-refractivity contribution >= 4 is 17.7 Å². The van der Waals surface area contributed by atoms with Gasteiger partial charge in [0.2, 0.25) is 5.91 Å². The molecule has 0 aromatic rings. The van der Waals surface area contributed by atoms with Crippen molar-refractivity contribution in [2.45, 2.75) is 77.1 Å². The van der Waals surface area contributed by atoms with E-state index < -0.39 is 5.54 Å². The summed E-state index contributed by atoms with van der Waals surface area (Å²) in [4.78, 5) is 12.0. The molecule has 3 atom stereocenters. The molecule has 1 saturated carbocycles. The number of carbonyl (C=O) groups is 1. The van der Waals surface area contributed by atoms with Crippen LogP contribution in [0.2, 0.25) is 0 Å². The summed E-state index contributed by atoms with van der Waals surface area (Å²) in [5.41, 5.74) is 5.28. The van der Waals surface area contributed by atoms with Crippen LogP contribution in [0.4, 0.5) is 0 Å².